The first-order valence-electron chi connectivity index (χ1n) is 22.3. The molecule has 0 atom stereocenters. The van der Waals surface area contributed by atoms with Crippen LogP contribution in [0, 0.1) is 0 Å². The average molecular weight is 1170 g/mol. The molecule has 23 heteroatoms. The zero-order chi connectivity index (χ0) is 52.6. The molecule has 5 heterocycles. The summed E-state index contributed by atoms with van der Waals surface area (Å²) >= 11 is 12.3. The Morgan fingerprint density at radius 3 is 1.32 bits per heavy atom. The first-order chi connectivity index (χ1) is 35.0. The highest BCUT2D eigenvalue weighted by Gasteiger charge is 2.55. The highest BCUT2D eigenvalue weighted by Crippen LogP contribution is 2.55. The Kier molecular flexibility index (Phi) is 12.6. The number of hydrogen-bond acceptors (Lipinski definition) is 12. The second kappa shape index (κ2) is 18.4. The van der Waals surface area contributed by atoms with E-state index in [4.69, 9.17) is 22.4 Å². The van der Waals surface area contributed by atoms with E-state index in [0.29, 0.717) is 71.5 Å². The quantitative estimate of drug-likeness (QED) is 0.0777. The van der Waals surface area contributed by atoms with Gasteiger partial charge in [0, 0.05) is 10.8 Å². The number of amides is 1. The van der Waals surface area contributed by atoms with Gasteiger partial charge in [-0.3, -0.25) is 14.4 Å². The van der Waals surface area contributed by atoms with Gasteiger partial charge in [0.1, 0.15) is 20.8 Å². The van der Waals surface area contributed by atoms with Crippen LogP contribution in [0.2, 0.25) is 0 Å². The lowest BCUT2D eigenvalue weighted by atomic mass is 9.94. The molecule has 0 bridgehead atoms. The van der Waals surface area contributed by atoms with Crippen LogP contribution in [0.1, 0.15) is 55.2 Å². The van der Waals surface area contributed by atoms with Crippen molar-refractivity contribution in [2.45, 2.75) is 73.7 Å². The van der Waals surface area contributed by atoms with E-state index in [1.807, 2.05) is 54.6 Å². The minimum absolute atomic E-state index is 0.0310. The van der Waals surface area contributed by atoms with E-state index in [1.165, 1.54) is 42.5 Å². The van der Waals surface area contributed by atoms with Crippen molar-refractivity contribution in [2.24, 2.45) is 0 Å². The second-order valence-electron chi connectivity index (χ2n) is 17.8. The molecule has 6 aliphatic rings. The summed E-state index contributed by atoms with van der Waals surface area (Å²) in [6.07, 6.45) is -7.47. The number of benzene rings is 5. The zero-order valence-electron chi connectivity index (χ0n) is 37.7. The van der Waals surface area contributed by atoms with Crippen LogP contribution in [0.4, 0.5) is 38.0 Å². The van der Waals surface area contributed by atoms with Crippen molar-refractivity contribution in [3.8, 4) is 34.5 Å². The molecule has 382 valence electrons. The van der Waals surface area contributed by atoms with Gasteiger partial charge in [0.05, 0.1) is 16.2 Å². The van der Waals surface area contributed by atoms with E-state index in [1.54, 1.807) is 18.2 Å². The van der Waals surface area contributed by atoms with E-state index >= 15 is 0 Å². The number of nitrogens with zero attached hydrogens (tertiary/aromatic N) is 2. The fourth-order valence-corrected chi connectivity index (χ4v) is 10.0. The normalized spacial score (nSPS) is 18.8. The van der Waals surface area contributed by atoms with Crippen LogP contribution in [0.25, 0.3) is 21.5 Å². The average Bonchev–Trinajstić information content (AvgIpc) is 4.26. The number of aliphatic carboxylic acids is 1. The third kappa shape index (κ3) is 10.0. The number of carboxylic acids is 1. The fraction of sp³-hybridized carbons (Fsp3) is 0.235. The molecular formula is C51H35Br2ClF6N4O10. The minimum Gasteiger partial charge on any atom is -0.481 e. The number of ether oxygens (including phenoxy) is 6. The Morgan fingerprint density at radius 2 is 0.905 bits per heavy atom. The Bertz CT molecular complexity index is 3360. The van der Waals surface area contributed by atoms with E-state index in [9.17, 15) is 40.7 Å². The number of carboxylic acid groups (broad SMARTS) is 1. The van der Waals surface area contributed by atoms with Gasteiger partial charge in [0.15, 0.2) is 34.5 Å². The predicted octanol–water partition coefficient (Wildman–Crippen LogP) is 12.5. The molecule has 3 fully saturated rings. The molecular weight excluding hydrogens is 1140 g/mol. The van der Waals surface area contributed by atoms with Gasteiger partial charge in [0.2, 0.25) is 11.1 Å². The number of carbonyl (C=O) groups excluding carboxylic acids is 2. The second-order valence-corrected chi connectivity index (χ2v) is 19.7. The SMILES string of the molecule is Nc1cc2ccccc2c(Br)n1.O=C(Cl)C1(c2ccc3c(c2)OC(F)(F)O3)CC1.O=C(Nc1cc2ccccc2c(Br)n1)C1(c2ccc3c(c2)OC(F)(F)O3)CC1.O=C(O)C1(c2ccc3c(c2)OC(F)(F)O3)CC1. The standard InChI is InChI=1S/C20H13BrF2N2O3.C11H7ClF2O3.C11H8F2O4.C9H7BrN2/c21-17-13-4-2-1-3-11(13)9-16(24-17)25-18(26)19(7-8-19)12-5-6-14-15(10-12)28-20(22,23)27-14;12-9(15)10(3-4-10)6-1-2-7-8(5-6)17-11(13,14)16-7;12-11(13)16-7-2-1-6(5-8(7)17-11)10(3-4-10)9(14)15;10-9-7-4-2-1-3-6(7)5-8(11)12-9/h1-6,9-10H,7-8H2,(H,24,25,26);1-2,5H,3-4H2;1-2,5H,3-4H2,(H,14,15);1-5H,(H2,11,12). The Hall–Kier alpha value is -7.04. The topological polar surface area (TPSA) is 191 Å². The van der Waals surface area contributed by atoms with Gasteiger partial charge in [0.25, 0.3) is 0 Å². The number of nitrogens with one attached hydrogen (secondary N) is 1. The van der Waals surface area contributed by atoms with Crippen LogP contribution in [-0.4, -0.2) is 51.1 Å². The maximum atomic E-state index is 13.3. The lowest BCUT2D eigenvalue weighted by Gasteiger charge is -2.16. The number of nitrogen functional groups attached to an aromatic ring is 1. The molecule has 74 heavy (non-hydrogen) atoms. The lowest BCUT2D eigenvalue weighted by Crippen LogP contribution is -2.28. The van der Waals surface area contributed by atoms with Gasteiger partial charge in [-0.05, 0) is 158 Å². The van der Waals surface area contributed by atoms with Gasteiger partial charge in [-0.15, -0.1) is 26.3 Å². The molecule has 1 amide bonds. The summed E-state index contributed by atoms with van der Waals surface area (Å²) in [4.78, 5) is 43.9. The van der Waals surface area contributed by atoms with Gasteiger partial charge < -0.3 is 44.6 Å². The molecule has 3 saturated carbocycles. The number of pyridine rings is 2. The van der Waals surface area contributed by atoms with Crippen molar-refractivity contribution >= 4 is 93.8 Å². The minimum atomic E-state index is -3.68. The van der Waals surface area contributed by atoms with Crippen molar-refractivity contribution < 1.29 is 74.3 Å². The number of anilines is 2. The fourth-order valence-electron chi connectivity index (χ4n) is 8.62. The molecule has 2 aromatic heterocycles. The number of alkyl halides is 6. The van der Waals surface area contributed by atoms with Crippen LogP contribution in [0.3, 0.4) is 0 Å². The van der Waals surface area contributed by atoms with E-state index in [-0.39, 0.29) is 40.4 Å². The maximum Gasteiger partial charge on any atom is 0.586 e. The third-order valence-electron chi connectivity index (χ3n) is 13.0. The monoisotopic (exact) mass is 1170 g/mol. The molecule has 0 spiro atoms. The van der Waals surface area contributed by atoms with E-state index in [2.05, 4.69) is 75.6 Å². The van der Waals surface area contributed by atoms with E-state index in [0.717, 1.165) is 26.1 Å². The number of nitrogens with two attached hydrogens (primary N) is 1. The highest BCUT2D eigenvalue weighted by molar-refractivity contribution is 9.10. The Morgan fingerprint density at radius 1 is 0.527 bits per heavy atom. The van der Waals surface area contributed by atoms with Crippen molar-refractivity contribution in [3.05, 3.63) is 141 Å². The summed E-state index contributed by atoms with van der Waals surface area (Å²) in [5.74, 6) is -0.572. The predicted molar refractivity (Wildman–Crippen MR) is 261 cm³/mol. The summed E-state index contributed by atoms with van der Waals surface area (Å²) in [6.45, 7) is 0. The molecule has 0 unspecified atom stereocenters. The van der Waals surface area contributed by atoms with E-state index < -0.39 is 46.3 Å². The molecule has 4 N–H and O–H groups in total. The summed E-state index contributed by atoms with van der Waals surface area (Å²) < 4.78 is 105. The number of hydrogen-bond donors (Lipinski definition) is 3. The van der Waals surface area contributed by atoms with Crippen molar-refractivity contribution in [1.82, 2.24) is 9.97 Å². The van der Waals surface area contributed by atoms with Gasteiger partial charge in [-0.1, -0.05) is 66.7 Å². The molecule has 5 aromatic carbocycles. The molecule has 13 rings (SSSR count). The van der Waals surface area contributed by atoms with Gasteiger partial charge in [-0.2, -0.15) is 0 Å². The zero-order valence-corrected chi connectivity index (χ0v) is 41.6. The lowest BCUT2D eigenvalue weighted by molar-refractivity contribution is -0.287. The molecule has 3 aliphatic heterocycles. The maximum absolute atomic E-state index is 13.3. The smallest absolute Gasteiger partial charge is 0.481 e. The number of rotatable bonds is 7. The molecule has 14 nitrogen and oxygen atoms in total. The highest BCUT2D eigenvalue weighted by atomic mass is 79.9. The Balaban J connectivity index is 0.000000119. The summed E-state index contributed by atoms with van der Waals surface area (Å²) in [5, 5.41) is 15.6. The molecule has 7 aromatic rings. The largest absolute Gasteiger partial charge is 0.586 e. The van der Waals surface area contributed by atoms with Gasteiger partial charge in [-0.25, -0.2) is 9.97 Å². The van der Waals surface area contributed by atoms with Crippen LogP contribution in [0.5, 0.6) is 34.5 Å². The summed E-state index contributed by atoms with van der Waals surface area (Å²) in [7, 11) is 0. The molecule has 0 radical (unpaired) electrons. The number of aromatic nitrogens is 2. The summed E-state index contributed by atoms with van der Waals surface area (Å²) in [6, 6.07) is 32.3. The van der Waals surface area contributed by atoms with Crippen molar-refractivity contribution in [2.75, 3.05) is 11.1 Å². The number of halogens is 9. The van der Waals surface area contributed by atoms with Crippen LogP contribution in [0.15, 0.2) is 124 Å². The first kappa shape index (κ1) is 50.5. The number of fused-ring (bicyclic) bond motifs is 5. The summed E-state index contributed by atoms with van der Waals surface area (Å²) in [5.41, 5.74) is 4.83. The van der Waals surface area contributed by atoms with Crippen LogP contribution < -0.4 is 39.5 Å². The molecule has 0 saturated heterocycles. The van der Waals surface area contributed by atoms with Crippen LogP contribution >= 0.6 is 43.5 Å². The number of carbonyl (C=O) groups is 3. The van der Waals surface area contributed by atoms with Crippen molar-refractivity contribution in [3.63, 3.8) is 0 Å². The van der Waals surface area contributed by atoms with Gasteiger partial charge >= 0.3 is 24.9 Å². The third-order valence-corrected chi connectivity index (χ3v) is 14.6. The van der Waals surface area contributed by atoms with Crippen LogP contribution in [-0.2, 0) is 30.6 Å². The Labute approximate surface area is 436 Å². The molecule has 3 aliphatic carbocycles. The van der Waals surface area contributed by atoms with Crippen molar-refractivity contribution in [1.29, 1.82) is 0 Å². The first-order valence-corrected chi connectivity index (χ1v) is 24.3.